The van der Waals surface area contributed by atoms with Gasteiger partial charge in [0, 0.05) is 5.69 Å². The second-order valence-electron chi connectivity index (χ2n) is 5.85. The molecule has 0 unspecified atom stereocenters. The average Bonchev–Trinajstić information content (AvgIpc) is 2.88. The number of para-hydroxylation sites is 2. The second kappa shape index (κ2) is 8.52. The molecule has 1 heterocycles. The Bertz CT molecular complexity index is 692. The summed E-state index contributed by atoms with van der Waals surface area (Å²) in [6.45, 7) is 6.01. The van der Waals surface area contributed by atoms with E-state index in [1.54, 1.807) is 19.2 Å². The van der Waals surface area contributed by atoms with Crippen LogP contribution in [-0.2, 0) is 6.42 Å². The normalized spacial score (nSPS) is 10.7. The molecule has 0 aliphatic rings. The van der Waals surface area contributed by atoms with E-state index in [2.05, 4.69) is 12.0 Å². The van der Waals surface area contributed by atoms with Crippen LogP contribution in [0.25, 0.3) is 0 Å². The monoisotopic (exact) mass is 330 g/mol. The largest absolute Gasteiger partial charge is 0.493 e. The number of benzene rings is 1. The highest BCUT2D eigenvalue weighted by Gasteiger charge is 2.17. The molecule has 0 N–H and O–H groups in total. The van der Waals surface area contributed by atoms with Crippen molar-refractivity contribution in [3.8, 4) is 11.5 Å². The minimum Gasteiger partial charge on any atom is -0.493 e. The van der Waals surface area contributed by atoms with Crippen molar-refractivity contribution in [3.05, 3.63) is 41.2 Å². The fourth-order valence-electron chi connectivity index (χ4n) is 2.77. The predicted octanol–water partition coefficient (Wildman–Crippen LogP) is 3.96. The Morgan fingerprint density at radius 3 is 2.54 bits per heavy atom. The number of nitrogens with zero attached hydrogens (tertiary/aromatic N) is 2. The number of aromatic nitrogens is 2. The van der Waals surface area contributed by atoms with E-state index in [1.807, 2.05) is 26.0 Å². The molecule has 0 saturated heterocycles. The van der Waals surface area contributed by atoms with Gasteiger partial charge in [-0.2, -0.15) is 5.10 Å². The summed E-state index contributed by atoms with van der Waals surface area (Å²) in [7, 11) is 1.58. The van der Waals surface area contributed by atoms with Crippen LogP contribution < -0.4 is 9.47 Å². The van der Waals surface area contributed by atoms with E-state index in [0.717, 1.165) is 24.2 Å². The lowest BCUT2D eigenvalue weighted by molar-refractivity contribution is 0.0816. The number of aryl methyl sites for hydroxylation is 1. The Morgan fingerprint density at radius 2 is 1.88 bits per heavy atom. The lowest BCUT2D eigenvalue weighted by atomic mass is 10.1. The molecule has 0 aliphatic heterocycles. The van der Waals surface area contributed by atoms with Gasteiger partial charge in [0.05, 0.1) is 12.8 Å². The Hall–Kier alpha value is -2.30. The molecule has 0 amide bonds. The predicted molar refractivity (Wildman–Crippen MR) is 94.0 cm³/mol. The third kappa shape index (κ3) is 4.16. The van der Waals surface area contributed by atoms with Crippen molar-refractivity contribution in [3.63, 3.8) is 0 Å². The quantitative estimate of drug-likeness (QED) is 0.688. The summed E-state index contributed by atoms with van der Waals surface area (Å²) in [5.41, 5.74) is 3.01. The molecule has 1 aromatic heterocycles. The maximum absolute atomic E-state index is 12.5. The molecule has 0 spiro atoms. The fourth-order valence-corrected chi connectivity index (χ4v) is 2.77. The van der Waals surface area contributed by atoms with Crippen molar-refractivity contribution < 1.29 is 14.3 Å². The Kier molecular flexibility index (Phi) is 6.41. The maximum Gasteiger partial charge on any atom is 0.284 e. The van der Waals surface area contributed by atoms with Crippen molar-refractivity contribution in [2.45, 2.75) is 46.5 Å². The fraction of sp³-hybridized carbons (Fsp3) is 0.474. The molecular formula is C19H26N2O3. The highest BCUT2D eigenvalue weighted by atomic mass is 16.5. The summed E-state index contributed by atoms with van der Waals surface area (Å²) >= 11 is 0. The van der Waals surface area contributed by atoms with Gasteiger partial charge in [-0.15, -0.1) is 0 Å². The minimum absolute atomic E-state index is 0.0727. The van der Waals surface area contributed by atoms with Crippen LogP contribution >= 0.6 is 0 Å². The summed E-state index contributed by atoms with van der Waals surface area (Å²) in [6, 6.07) is 7.28. The van der Waals surface area contributed by atoms with Gasteiger partial charge < -0.3 is 9.47 Å². The zero-order chi connectivity index (χ0) is 17.5. The van der Waals surface area contributed by atoms with Gasteiger partial charge in [0.2, 0.25) is 0 Å². The number of unbranched alkanes of at least 4 members (excludes halogenated alkanes) is 2. The van der Waals surface area contributed by atoms with E-state index in [0.29, 0.717) is 11.5 Å². The van der Waals surface area contributed by atoms with Gasteiger partial charge in [0.1, 0.15) is 0 Å². The maximum atomic E-state index is 12.5. The summed E-state index contributed by atoms with van der Waals surface area (Å²) in [4.78, 5) is 12.5. The Balaban J connectivity index is 2.06. The van der Waals surface area contributed by atoms with Crippen molar-refractivity contribution in [2.24, 2.45) is 0 Å². The van der Waals surface area contributed by atoms with Gasteiger partial charge in [0.15, 0.2) is 18.1 Å². The number of hydrogen-bond donors (Lipinski definition) is 0. The molecule has 5 heteroatoms. The Morgan fingerprint density at radius 1 is 1.17 bits per heavy atom. The van der Waals surface area contributed by atoms with Crippen LogP contribution in [-0.4, -0.2) is 29.4 Å². The van der Waals surface area contributed by atoms with E-state index < -0.39 is 0 Å². The first-order valence-corrected chi connectivity index (χ1v) is 8.42. The average molecular weight is 330 g/mol. The summed E-state index contributed by atoms with van der Waals surface area (Å²) in [6.07, 6.45) is 4.45. The number of rotatable bonds is 8. The van der Waals surface area contributed by atoms with E-state index in [1.165, 1.54) is 23.1 Å². The van der Waals surface area contributed by atoms with E-state index in [9.17, 15) is 4.79 Å². The van der Waals surface area contributed by atoms with Crippen molar-refractivity contribution in [1.82, 2.24) is 9.78 Å². The van der Waals surface area contributed by atoms with Crippen LogP contribution in [0.15, 0.2) is 24.3 Å². The van der Waals surface area contributed by atoms with Gasteiger partial charge >= 0.3 is 0 Å². The van der Waals surface area contributed by atoms with Gasteiger partial charge in [-0.25, -0.2) is 4.68 Å². The molecule has 0 bridgehead atoms. The van der Waals surface area contributed by atoms with Crippen LogP contribution in [0.3, 0.4) is 0 Å². The Labute approximate surface area is 143 Å². The topological polar surface area (TPSA) is 53.4 Å². The standard InChI is InChI=1S/C19H26N2O3/c1-5-6-7-10-16-14(2)20-21(15(16)3)19(22)13-24-18-12-9-8-11-17(18)23-4/h8-9,11-12H,5-7,10,13H2,1-4H3. The summed E-state index contributed by atoms with van der Waals surface area (Å²) in [5, 5.41) is 4.40. The molecule has 130 valence electrons. The van der Waals surface area contributed by atoms with Crippen LogP contribution in [0.5, 0.6) is 11.5 Å². The SMILES string of the molecule is CCCCCc1c(C)nn(C(=O)COc2ccccc2OC)c1C. The zero-order valence-corrected chi connectivity index (χ0v) is 15.0. The zero-order valence-electron chi connectivity index (χ0n) is 15.0. The van der Waals surface area contributed by atoms with Gasteiger partial charge in [-0.3, -0.25) is 4.79 Å². The number of methoxy groups -OCH3 is 1. The lowest BCUT2D eigenvalue weighted by Gasteiger charge is -2.10. The van der Waals surface area contributed by atoms with E-state index in [4.69, 9.17) is 9.47 Å². The molecule has 0 fully saturated rings. The molecule has 2 aromatic rings. The molecule has 0 saturated carbocycles. The van der Waals surface area contributed by atoms with Crippen LogP contribution in [0, 0.1) is 13.8 Å². The molecule has 5 nitrogen and oxygen atoms in total. The second-order valence-corrected chi connectivity index (χ2v) is 5.85. The minimum atomic E-state index is -0.178. The van der Waals surface area contributed by atoms with Crippen LogP contribution in [0.1, 0.15) is 47.9 Å². The van der Waals surface area contributed by atoms with Crippen molar-refractivity contribution in [1.29, 1.82) is 0 Å². The van der Waals surface area contributed by atoms with Gasteiger partial charge in [-0.1, -0.05) is 31.9 Å². The third-order valence-corrected chi connectivity index (χ3v) is 4.13. The van der Waals surface area contributed by atoms with Crippen LogP contribution in [0.2, 0.25) is 0 Å². The summed E-state index contributed by atoms with van der Waals surface area (Å²) in [5.74, 6) is 0.986. The lowest BCUT2D eigenvalue weighted by Crippen LogP contribution is -2.22. The number of hydrogen-bond acceptors (Lipinski definition) is 4. The van der Waals surface area contributed by atoms with Crippen LogP contribution in [0.4, 0.5) is 0 Å². The van der Waals surface area contributed by atoms with Crippen molar-refractivity contribution in [2.75, 3.05) is 13.7 Å². The number of ether oxygens (including phenoxy) is 2. The van der Waals surface area contributed by atoms with Crippen molar-refractivity contribution >= 4 is 5.91 Å². The highest BCUT2D eigenvalue weighted by molar-refractivity contribution is 5.80. The molecular weight excluding hydrogens is 304 g/mol. The first kappa shape index (κ1) is 18.0. The number of carbonyl (C=O) groups excluding carboxylic acids is 1. The molecule has 2 rings (SSSR count). The third-order valence-electron chi connectivity index (χ3n) is 4.13. The molecule has 0 aliphatic carbocycles. The molecule has 24 heavy (non-hydrogen) atoms. The first-order valence-electron chi connectivity index (χ1n) is 8.42. The van der Waals surface area contributed by atoms with Gasteiger partial charge in [-0.05, 0) is 44.4 Å². The molecule has 0 radical (unpaired) electrons. The van der Waals surface area contributed by atoms with Gasteiger partial charge in [0.25, 0.3) is 5.91 Å². The smallest absolute Gasteiger partial charge is 0.284 e. The molecule has 0 atom stereocenters. The molecule has 1 aromatic carbocycles. The van der Waals surface area contributed by atoms with E-state index >= 15 is 0 Å². The van der Waals surface area contributed by atoms with E-state index in [-0.39, 0.29) is 12.5 Å². The first-order chi connectivity index (χ1) is 11.6. The highest BCUT2D eigenvalue weighted by Crippen LogP contribution is 2.25. The number of carbonyl (C=O) groups is 1. The summed E-state index contributed by atoms with van der Waals surface area (Å²) < 4.78 is 12.3.